The predicted molar refractivity (Wildman–Crippen MR) is 86.4 cm³/mol. The molecule has 3 heteroatoms. The van der Waals surface area contributed by atoms with Gasteiger partial charge in [-0.05, 0) is 30.2 Å². The Labute approximate surface area is 132 Å². The quantitative estimate of drug-likeness (QED) is 0.883. The Balaban J connectivity index is 2.11. The SMILES string of the molecule is C[C@@]1(C(=O)O)[C@@H](c2ccccc2)[C@@]1(C)c1ccc(Br)cc1. The summed E-state index contributed by atoms with van der Waals surface area (Å²) in [5, 5.41) is 9.79. The number of aliphatic carboxylic acids is 1. The van der Waals surface area contributed by atoms with Crippen molar-refractivity contribution in [3.8, 4) is 0 Å². The summed E-state index contributed by atoms with van der Waals surface area (Å²) in [6.07, 6.45) is 0. The van der Waals surface area contributed by atoms with E-state index in [-0.39, 0.29) is 11.3 Å². The van der Waals surface area contributed by atoms with Gasteiger partial charge in [-0.25, -0.2) is 0 Å². The summed E-state index contributed by atoms with van der Waals surface area (Å²) >= 11 is 3.43. The molecule has 0 spiro atoms. The molecule has 0 radical (unpaired) electrons. The molecule has 1 N–H and O–H groups in total. The van der Waals surface area contributed by atoms with Gasteiger partial charge in [0.25, 0.3) is 0 Å². The molecule has 1 aliphatic carbocycles. The number of carbonyl (C=O) groups is 1. The average Bonchev–Trinajstić information content (AvgIpc) is 3.00. The minimum Gasteiger partial charge on any atom is -0.481 e. The van der Waals surface area contributed by atoms with E-state index in [1.807, 2.05) is 61.5 Å². The first-order valence-corrected chi connectivity index (χ1v) is 7.76. The maximum Gasteiger partial charge on any atom is 0.310 e. The van der Waals surface area contributed by atoms with Crippen molar-refractivity contribution in [2.45, 2.75) is 25.2 Å². The molecule has 1 fully saturated rings. The van der Waals surface area contributed by atoms with E-state index in [2.05, 4.69) is 22.9 Å². The zero-order valence-electron chi connectivity index (χ0n) is 12.0. The fourth-order valence-electron chi connectivity index (χ4n) is 3.72. The number of rotatable bonds is 3. The first kappa shape index (κ1) is 14.3. The van der Waals surface area contributed by atoms with Crippen LogP contribution in [0.5, 0.6) is 0 Å². The lowest BCUT2D eigenvalue weighted by atomic mass is 9.88. The highest BCUT2D eigenvalue weighted by Crippen LogP contribution is 2.74. The molecule has 1 aliphatic rings. The van der Waals surface area contributed by atoms with E-state index in [1.165, 1.54) is 0 Å². The molecule has 2 aromatic carbocycles. The molecule has 1 saturated carbocycles. The molecular weight excluding hydrogens is 328 g/mol. The minimum absolute atomic E-state index is 0.00937. The van der Waals surface area contributed by atoms with E-state index in [4.69, 9.17) is 0 Å². The Kier molecular flexibility index (Phi) is 3.21. The van der Waals surface area contributed by atoms with Crippen LogP contribution in [0.25, 0.3) is 0 Å². The highest BCUT2D eigenvalue weighted by atomic mass is 79.9. The lowest BCUT2D eigenvalue weighted by molar-refractivity contribution is -0.143. The van der Waals surface area contributed by atoms with Gasteiger partial charge in [-0.1, -0.05) is 65.3 Å². The van der Waals surface area contributed by atoms with Crippen LogP contribution in [0, 0.1) is 5.41 Å². The van der Waals surface area contributed by atoms with Gasteiger partial charge >= 0.3 is 5.97 Å². The fourth-order valence-corrected chi connectivity index (χ4v) is 3.98. The molecule has 0 amide bonds. The van der Waals surface area contributed by atoms with Crippen molar-refractivity contribution < 1.29 is 9.90 Å². The molecule has 108 valence electrons. The first-order chi connectivity index (χ1) is 9.92. The monoisotopic (exact) mass is 344 g/mol. The third kappa shape index (κ3) is 1.87. The molecule has 0 unspecified atom stereocenters. The summed E-state index contributed by atoms with van der Waals surface area (Å²) in [5.74, 6) is -0.744. The molecule has 3 rings (SSSR count). The third-order valence-electron chi connectivity index (χ3n) is 5.17. The van der Waals surface area contributed by atoms with Crippen molar-refractivity contribution >= 4 is 21.9 Å². The summed E-state index contributed by atoms with van der Waals surface area (Å²) in [7, 11) is 0. The van der Waals surface area contributed by atoms with Crippen molar-refractivity contribution in [2.24, 2.45) is 5.41 Å². The molecule has 2 aromatic rings. The van der Waals surface area contributed by atoms with Crippen LogP contribution < -0.4 is 0 Å². The maximum atomic E-state index is 11.9. The Bertz CT molecular complexity index is 680. The number of halogens is 1. The maximum absolute atomic E-state index is 11.9. The van der Waals surface area contributed by atoms with Crippen molar-refractivity contribution in [3.63, 3.8) is 0 Å². The number of carboxylic acid groups (broad SMARTS) is 1. The molecule has 0 aromatic heterocycles. The van der Waals surface area contributed by atoms with Gasteiger partial charge in [0.2, 0.25) is 0 Å². The topological polar surface area (TPSA) is 37.3 Å². The number of benzene rings is 2. The third-order valence-corrected chi connectivity index (χ3v) is 5.70. The molecule has 0 aliphatic heterocycles. The number of hydrogen-bond acceptors (Lipinski definition) is 1. The van der Waals surface area contributed by atoms with E-state index >= 15 is 0 Å². The van der Waals surface area contributed by atoms with Gasteiger partial charge in [0.05, 0.1) is 5.41 Å². The van der Waals surface area contributed by atoms with Crippen LogP contribution in [0.2, 0.25) is 0 Å². The normalized spacial score (nSPS) is 30.9. The van der Waals surface area contributed by atoms with Gasteiger partial charge < -0.3 is 5.11 Å². The zero-order chi connectivity index (χ0) is 15.3. The predicted octanol–water partition coefficient (Wildman–Crippen LogP) is 4.60. The standard InChI is InChI=1S/C18H17BrO2/c1-17(13-8-10-14(19)11-9-13)15(18(17,2)16(20)21)12-6-4-3-5-7-12/h3-11,15H,1-2H3,(H,20,21)/t15-,17+,18-/m0/s1. The Morgan fingerprint density at radius 3 is 2.14 bits per heavy atom. The highest BCUT2D eigenvalue weighted by molar-refractivity contribution is 9.10. The van der Waals surface area contributed by atoms with Crippen LogP contribution in [-0.2, 0) is 10.2 Å². The summed E-state index contributed by atoms with van der Waals surface area (Å²) < 4.78 is 1.00. The second kappa shape index (κ2) is 4.70. The Morgan fingerprint density at radius 1 is 1.05 bits per heavy atom. The smallest absolute Gasteiger partial charge is 0.310 e. The Hall–Kier alpha value is -1.61. The first-order valence-electron chi connectivity index (χ1n) is 6.96. The van der Waals surface area contributed by atoms with Crippen LogP contribution in [0.1, 0.15) is 30.9 Å². The van der Waals surface area contributed by atoms with Crippen molar-refractivity contribution in [1.29, 1.82) is 0 Å². The van der Waals surface area contributed by atoms with Crippen molar-refractivity contribution in [2.75, 3.05) is 0 Å². The molecule has 2 nitrogen and oxygen atoms in total. The average molecular weight is 345 g/mol. The number of hydrogen-bond donors (Lipinski definition) is 1. The lowest BCUT2D eigenvalue weighted by Crippen LogP contribution is -2.21. The summed E-state index contributed by atoms with van der Waals surface area (Å²) in [6, 6.07) is 17.9. The van der Waals surface area contributed by atoms with E-state index in [0.29, 0.717) is 0 Å². The second-order valence-corrected chi connectivity index (χ2v) is 6.98. The van der Waals surface area contributed by atoms with Crippen LogP contribution in [-0.4, -0.2) is 11.1 Å². The van der Waals surface area contributed by atoms with E-state index in [1.54, 1.807) is 0 Å². The Morgan fingerprint density at radius 2 is 1.62 bits per heavy atom. The summed E-state index contributed by atoms with van der Waals surface area (Å²) in [6.45, 7) is 3.91. The minimum atomic E-state index is -0.776. The van der Waals surface area contributed by atoms with Crippen molar-refractivity contribution in [3.05, 3.63) is 70.2 Å². The molecule has 3 atom stereocenters. The van der Waals surface area contributed by atoms with Crippen LogP contribution in [0.3, 0.4) is 0 Å². The zero-order valence-corrected chi connectivity index (χ0v) is 13.6. The van der Waals surface area contributed by atoms with Gasteiger partial charge in [-0.15, -0.1) is 0 Å². The van der Waals surface area contributed by atoms with Gasteiger partial charge in [0, 0.05) is 15.8 Å². The van der Waals surface area contributed by atoms with Gasteiger partial charge in [-0.3, -0.25) is 4.79 Å². The molecule has 0 bridgehead atoms. The van der Waals surface area contributed by atoms with E-state index < -0.39 is 11.4 Å². The molecule has 0 heterocycles. The fraction of sp³-hybridized carbons (Fsp3) is 0.278. The van der Waals surface area contributed by atoms with Gasteiger partial charge in [-0.2, -0.15) is 0 Å². The molecular formula is C18H17BrO2. The highest BCUT2D eigenvalue weighted by Gasteiger charge is 2.76. The summed E-state index contributed by atoms with van der Waals surface area (Å²) in [5.41, 5.74) is 1.00. The van der Waals surface area contributed by atoms with E-state index in [0.717, 1.165) is 15.6 Å². The van der Waals surface area contributed by atoms with E-state index in [9.17, 15) is 9.90 Å². The number of carboxylic acids is 1. The van der Waals surface area contributed by atoms with Crippen molar-refractivity contribution in [1.82, 2.24) is 0 Å². The van der Waals surface area contributed by atoms with Crippen LogP contribution in [0.4, 0.5) is 0 Å². The second-order valence-electron chi connectivity index (χ2n) is 6.06. The molecule has 0 saturated heterocycles. The lowest BCUT2D eigenvalue weighted by Gasteiger charge is -2.15. The van der Waals surface area contributed by atoms with Gasteiger partial charge in [0.1, 0.15) is 0 Å². The summed E-state index contributed by atoms with van der Waals surface area (Å²) in [4.78, 5) is 11.9. The van der Waals surface area contributed by atoms with Crippen LogP contribution in [0.15, 0.2) is 59.1 Å². The van der Waals surface area contributed by atoms with Crippen LogP contribution >= 0.6 is 15.9 Å². The van der Waals surface area contributed by atoms with Gasteiger partial charge in [0.15, 0.2) is 0 Å². The largest absolute Gasteiger partial charge is 0.481 e. The molecule has 21 heavy (non-hydrogen) atoms.